The van der Waals surface area contributed by atoms with Gasteiger partial charge in [0.1, 0.15) is 0 Å². The summed E-state index contributed by atoms with van der Waals surface area (Å²) in [6, 6.07) is 0.395. The monoisotopic (exact) mass is 325 g/mol. The van der Waals surface area contributed by atoms with E-state index in [4.69, 9.17) is 4.84 Å². The van der Waals surface area contributed by atoms with E-state index < -0.39 is 17.8 Å². The molecule has 2 aliphatic heterocycles. The van der Waals surface area contributed by atoms with Crippen molar-refractivity contribution in [3.05, 3.63) is 0 Å². The second-order valence-electron chi connectivity index (χ2n) is 5.96. The van der Waals surface area contributed by atoms with Gasteiger partial charge in [0.25, 0.3) is 11.8 Å². The Balaban J connectivity index is 1.64. The highest BCUT2D eigenvalue weighted by Gasteiger charge is 2.32. The minimum Gasteiger partial charge on any atom is -0.354 e. The highest BCUT2D eigenvalue weighted by Crippen LogP contribution is 2.15. The van der Waals surface area contributed by atoms with Crippen molar-refractivity contribution in [2.24, 2.45) is 0 Å². The first-order chi connectivity index (χ1) is 11.0. The van der Waals surface area contributed by atoms with Crippen molar-refractivity contribution in [3.8, 4) is 0 Å². The topological polar surface area (TPSA) is 96.0 Å². The predicted octanol–water partition coefficient (Wildman–Crippen LogP) is -0.0257. The van der Waals surface area contributed by atoms with Crippen LogP contribution in [-0.4, -0.2) is 59.3 Å². The van der Waals surface area contributed by atoms with E-state index in [1.54, 1.807) is 0 Å². The summed E-state index contributed by atoms with van der Waals surface area (Å²) < 4.78 is 0. The van der Waals surface area contributed by atoms with Crippen LogP contribution in [0.1, 0.15) is 45.4 Å². The van der Waals surface area contributed by atoms with Gasteiger partial charge in [-0.05, 0) is 26.3 Å². The lowest BCUT2D eigenvalue weighted by Crippen LogP contribution is -2.44. The van der Waals surface area contributed by atoms with Crippen molar-refractivity contribution in [2.75, 3.05) is 19.6 Å². The zero-order valence-corrected chi connectivity index (χ0v) is 13.4. The number of hydroxylamine groups is 2. The number of imide groups is 1. The Morgan fingerprint density at radius 2 is 1.91 bits per heavy atom. The number of carbonyl (C=O) groups excluding carboxylic acids is 4. The van der Waals surface area contributed by atoms with E-state index in [1.165, 1.54) is 6.42 Å². The van der Waals surface area contributed by atoms with Crippen molar-refractivity contribution >= 4 is 23.7 Å². The first-order valence-electron chi connectivity index (χ1n) is 8.04. The molecular formula is C15H23N3O5. The maximum absolute atomic E-state index is 11.9. The van der Waals surface area contributed by atoms with Gasteiger partial charge in [-0.3, -0.25) is 19.3 Å². The number of hydrogen-bond donors (Lipinski definition) is 1. The van der Waals surface area contributed by atoms with Gasteiger partial charge in [0.2, 0.25) is 5.91 Å². The molecule has 2 heterocycles. The predicted molar refractivity (Wildman–Crippen MR) is 79.7 cm³/mol. The summed E-state index contributed by atoms with van der Waals surface area (Å²) in [4.78, 5) is 52.9. The van der Waals surface area contributed by atoms with Crippen LogP contribution >= 0.6 is 0 Å². The fraction of sp³-hybridized carbons (Fsp3) is 0.733. The van der Waals surface area contributed by atoms with Gasteiger partial charge in [0.15, 0.2) is 0 Å². The maximum Gasteiger partial charge on any atom is 0.334 e. The van der Waals surface area contributed by atoms with E-state index in [9.17, 15) is 19.2 Å². The van der Waals surface area contributed by atoms with Crippen LogP contribution < -0.4 is 5.32 Å². The summed E-state index contributed by atoms with van der Waals surface area (Å²) in [5.41, 5.74) is 0. The third-order valence-electron chi connectivity index (χ3n) is 4.14. The second-order valence-corrected chi connectivity index (χ2v) is 5.96. The highest BCUT2D eigenvalue weighted by molar-refractivity contribution is 6.01. The third-order valence-corrected chi connectivity index (χ3v) is 4.14. The van der Waals surface area contributed by atoms with Crippen LogP contribution in [-0.2, 0) is 24.0 Å². The molecule has 0 aromatic rings. The normalized spacial score (nSPS) is 22.3. The molecular weight excluding hydrogens is 302 g/mol. The molecule has 128 valence electrons. The minimum absolute atomic E-state index is 0.0663. The quantitative estimate of drug-likeness (QED) is 0.689. The molecule has 0 radical (unpaired) electrons. The zero-order valence-electron chi connectivity index (χ0n) is 13.4. The van der Waals surface area contributed by atoms with Gasteiger partial charge in [-0.15, -0.1) is 5.06 Å². The number of amides is 3. The van der Waals surface area contributed by atoms with Gasteiger partial charge < -0.3 is 10.2 Å². The number of rotatable bonds is 6. The molecule has 1 unspecified atom stereocenters. The van der Waals surface area contributed by atoms with Gasteiger partial charge in [-0.2, -0.15) is 0 Å². The van der Waals surface area contributed by atoms with Crippen LogP contribution in [0, 0.1) is 0 Å². The first kappa shape index (κ1) is 17.4. The molecule has 1 atom stereocenters. The molecule has 2 fully saturated rings. The molecule has 2 rings (SSSR count). The van der Waals surface area contributed by atoms with Crippen molar-refractivity contribution in [1.82, 2.24) is 15.3 Å². The van der Waals surface area contributed by atoms with E-state index in [0.29, 0.717) is 17.6 Å². The van der Waals surface area contributed by atoms with Crippen molar-refractivity contribution < 1.29 is 24.0 Å². The van der Waals surface area contributed by atoms with Crippen LogP contribution in [0.2, 0.25) is 0 Å². The number of nitrogens with zero attached hydrogens (tertiary/aromatic N) is 2. The molecule has 1 N–H and O–H groups in total. The van der Waals surface area contributed by atoms with Gasteiger partial charge in [0, 0.05) is 25.4 Å². The van der Waals surface area contributed by atoms with Gasteiger partial charge in [0.05, 0.1) is 13.0 Å². The molecule has 0 aromatic carbocycles. The van der Waals surface area contributed by atoms with Crippen molar-refractivity contribution in [1.29, 1.82) is 0 Å². The van der Waals surface area contributed by atoms with Crippen molar-refractivity contribution in [2.45, 2.75) is 51.5 Å². The van der Waals surface area contributed by atoms with Crippen LogP contribution in [0.4, 0.5) is 0 Å². The van der Waals surface area contributed by atoms with Crippen LogP contribution in [0.3, 0.4) is 0 Å². The van der Waals surface area contributed by atoms with E-state index in [-0.39, 0.29) is 31.7 Å². The number of piperidine rings is 1. The summed E-state index contributed by atoms with van der Waals surface area (Å²) in [5.74, 6) is -1.86. The molecule has 0 saturated carbocycles. The number of nitrogens with one attached hydrogen (secondary N) is 1. The SMILES string of the molecule is CC1CCCCN1CC(=O)NCCC(=O)ON1C(=O)CCC1=O. The fourth-order valence-corrected chi connectivity index (χ4v) is 2.74. The molecule has 23 heavy (non-hydrogen) atoms. The molecule has 3 amide bonds. The fourth-order valence-electron chi connectivity index (χ4n) is 2.74. The Hall–Kier alpha value is -1.96. The van der Waals surface area contributed by atoms with Crippen molar-refractivity contribution in [3.63, 3.8) is 0 Å². The summed E-state index contributed by atoms with van der Waals surface area (Å²) in [7, 11) is 0. The summed E-state index contributed by atoms with van der Waals surface area (Å²) in [6.45, 7) is 3.46. The first-order valence-corrected chi connectivity index (χ1v) is 8.04. The molecule has 8 nitrogen and oxygen atoms in total. The lowest BCUT2D eigenvalue weighted by molar-refractivity contribution is -0.197. The molecule has 8 heteroatoms. The molecule has 0 bridgehead atoms. The van der Waals surface area contributed by atoms with Gasteiger partial charge >= 0.3 is 5.97 Å². The van der Waals surface area contributed by atoms with Crippen LogP contribution in [0.5, 0.6) is 0 Å². The minimum atomic E-state index is -0.708. The highest BCUT2D eigenvalue weighted by atomic mass is 16.7. The average molecular weight is 325 g/mol. The lowest BCUT2D eigenvalue weighted by Gasteiger charge is -2.32. The third kappa shape index (κ3) is 5.02. The number of hydrogen-bond acceptors (Lipinski definition) is 6. The van der Waals surface area contributed by atoms with Crippen LogP contribution in [0.25, 0.3) is 0 Å². The Morgan fingerprint density at radius 1 is 1.22 bits per heavy atom. The molecule has 0 aromatic heterocycles. The van der Waals surface area contributed by atoms with Crippen LogP contribution in [0.15, 0.2) is 0 Å². The Kier molecular flexibility index (Phi) is 6.09. The zero-order chi connectivity index (χ0) is 16.8. The molecule has 2 saturated heterocycles. The Bertz CT molecular complexity index is 478. The lowest BCUT2D eigenvalue weighted by atomic mass is 10.0. The summed E-state index contributed by atoms with van der Waals surface area (Å²) in [6.07, 6.45) is 3.44. The largest absolute Gasteiger partial charge is 0.354 e. The second kappa shape index (κ2) is 8.05. The standard InChI is InChI=1S/C15H23N3O5/c1-11-4-2-3-9-17(11)10-12(19)16-8-7-15(22)23-18-13(20)5-6-14(18)21/h11H,2-10H2,1H3,(H,16,19). The number of carbonyl (C=O) groups is 4. The molecule has 2 aliphatic rings. The Morgan fingerprint density at radius 3 is 2.57 bits per heavy atom. The summed E-state index contributed by atoms with van der Waals surface area (Å²) in [5, 5.41) is 3.17. The van der Waals surface area contributed by atoms with E-state index >= 15 is 0 Å². The molecule has 0 spiro atoms. The van der Waals surface area contributed by atoms with E-state index in [2.05, 4.69) is 17.1 Å². The van der Waals surface area contributed by atoms with Gasteiger partial charge in [-0.25, -0.2) is 4.79 Å². The van der Waals surface area contributed by atoms with E-state index in [0.717, 1.165) is 19.4 Å². The Labute approximate surface area is 135 Å². The maximum atomic E-state index is 11.9. The van der Waals surface area contributed by atoms with Gasteiger partial charge in [-0.1, -0.05) is 6.42 Å². The summed E-state index contributed by atoms with van der Waals surface area (Å²) >= 11 is 0. The molecule has 0 aliphatic carbocycles. The average Bonchev–Trinajstić information content (AvgIpc) is 2.81. The number of likely N-dealkylation sites (tertiary alicyclic amines) is 1. The smallest absolute Gasteiger partial charge is 0.334 e. The van der Waals surface area contributed by atoms with E-state index in [1.807, 2.05) is 0 Å².